The number of aromatic amines is 1. The molecule has 1 unspecified atom stereocenters. The average molecular weight is 316 g/mol. The third-order valence-electron chi connectivity index (χ3n) is 3.55. The molecule has 3 atom stereocenters. The van der Waals surface area contributed by atoms with Crippen molar-refractivity contribution in [2.45, 2.75) is 31.3 Å². The average Bonchev–Trinajstić information content (AvgIpc) is 2.81. The number of H-pyrrole nitrogens is 1. The minimum absolute atomic E-state index is 0.292. The van der Waals surface area contributed by atoms with Gasteiger partial charge in [-0.05, 0) is 20.3 Å². The van der Waals surface area contributed by atoms with E-state index in [0.717, 1.165) is 10.8 Å². The first-order valence-corrected chi connectivity index (χ1v) is 9.25. The summed E-state index contributed by atoms with van der Waals surface area (Å²) in [4.78, 5) is 24.6. The third kappa shape index (κ3) is 3.60. The molecule has 1 N–H and O–H groups in total. The minimum Gasteiger partial charge on any atom is -0.363 e. The quantitative estimate of drug-likeness (QED) is 0.675. The van der Waals surface area contributed by atoms with Crippen LogP contribution in [0, 0.1) is 5.82 Å². The van der Waals surface area contributed by atoms with Crippen LogP contribution in [0.5, 0.6) is 0 Å². The predicted molar refractivity (Wildman–Crippen MR) is 77.9 cm³/mol. The van der Waals surface area contributed by atoms with Gasteiger partial charge in [-0.3, -0.25) is 14.3 Å². The first-order valence-electron chi connectivity index (χ1n) is 6.58. The van der Waals surface area contributed by atoms with Gasteiger partial charge in [0.05, 0.1) is 18.3 Å². The van der Waals surface area contributed by atoms with Gasteiger partial charge in [-0.15, -0.1) is 0 Å². The van der Waals surface area contributed by atoms with Gasteiger partial charge in [-0.25, -0.2) is 4.79 Å². The Labute approximate surface area is 121 Å². The van der Waals surface area contributed by atoms with Gasteiger partial charge in [0, 0.05) is 6.42 Å². The van der Waals surface area contributed by atoms with Gasteiger partial charge >= 0.3 is 5.69 Å². The molecule has 8 heteroatoms. The Balaban J connectivity index is 2.12. The lowest BCUT2D eigenvalue weighted by atomic mass is 10.2. The molecule has 0 saturated carbocycles. The molecule has 1 aromatic heterocycles. The molecule has 6 nitrogen and oxygen atoms in total. The van der Waals surface area contributed by atoms with Crippen molar-refractivity contribution in [3.63, 3.8) is 0 Å². The monoisotopic (exact) mass is 316 g/mol. The Morgan fingerprint density at radius 1 is 1.43 bits per heavy atom. The van der Waals surface area contributed by atoms with Crippen molar-refractivity contribution in [3.8, 4) is 0 Å². The van der Waals surface area contributed by atoms with Crippen molar-refractivity contribution in [3.05, 3.63) is 45.0 Å². The molecule has 2 rings (SSSR count). The second kappa shape index (κ2) is 5.73. The molecule has 1 heterocycles. The molecular formula is C13H18FN2O4P. The first kappa shape index (κ1) is 15.9. The molecule has 0 aromatic carbocycles. The normalized spacial score (nSPS) is 23.4. The highest BCUT2D eigenvalue weighted by Crippen LogP contribution is 2.44. The Bertz CT molecular complexity index is 718. The number of halogens is 1. The molecule has 21 heavy (non-hydrogen) atoms. The van der Waals surface area contributed by atoms with Crippen LogP contribution in [0.3, 0.4) is 0 Å². The maximum atomic E-state index is 13.3. The number of aromatic nitrogens is 2. The van der Waals surface area contributed by atoms with E-state index >= 15 is 0 Å². The summed E-state index contributed by atoms with van der Waals surface area (Å²) in [6.07, 6.45) is 4.50. The number of ether oxygens (including phenoxy) is 1. The Morgan fingerprint density at radius 3 is 2.71 bits per heavy atom. The van der Waals surface area contributed by atoms with Crippen LogP contribution < -0.4 is 11.2 Å². The highest BCUT2D eigenvalue weighted by Gasteiger charge is 2.27. The molecule has 1 aliphatic rings. The van der Waals surface area contributed by atoms with E-state index in [-0.39, 0.29) is 6.10 Å². The predicted octanol–water partition coefficient (Wildman–Crippen LogP) is 1.53. The molecule has 0 spiro atoms. The van der Waals surface area contributed by atoms with Gasteiger partial charge in [0.1, 0.15) is 13.0 Å². The smallest absolute Gasteiger partial charge is 0.329 e. The van der Waals surface area contributed by atoms with E-state index in [4.69, 9.17) is 4.74 Å². The number of allylic oxidation sites excluding steroid dienone is 1. The van der Waals surface area contributed by atoms with Gasteiger partial charge in [-0.2, -0.15) is 4.39 Å². The topological polar surface area (TPSA) is 81.2 Å². The number of rotatable bonds is 4. The maximum absolute atomic E-state index is 13.3. The molecule has 0 aliphatic heterocycles. The van der Waals surface area contributed by atoms with E-state index in [9.17, 15) is 18.5 Å². The number of nitrogens with one attached hydrogen (secondary N) is 1. The van der Waals surface area contributed by atoms with Gasteiger partial charge in [0.15, 0.2) is 0 Å². The molecule has 116 valence electrons. The number of nitrogens with zero attached hydrogens (tertiary/aromatic N) is 1. The summed E-state index contributed by atoms with van der Waals surface area (Å²) in [6, 6.07) is -0.394. The molecular weight excluding hydrogens is 298 g/mol. The molecule has 0 fully saturated rings. The van der Waals surface area contributed by atoms with E-state index in [0.29, 0.717) is 6.42 Å². The fourth-order valence-electron chi connectivity index (χ4n) is 2.06. The Kier molecular flexibility index (Phi) is 4.35. The molecule has 1 aliphatic carbocycles. The van der Waals surface area contributed by atoms with Crippen molar-refractivity contribution in [2.75, 3.05) is 13.3 Å². The summed E-state index contributed by atoms with van der Waals surface area (Å²) in [6.45, 7) is 5.04. The number of hydrogen-bond acceptors (Lipinski definition) is 4. The highest BCUT2D eigenvalue weighted by atomic mass is 31.2. The van der Waals surface area contributed by atoms with Crippen LogP contribution in [-0.2, 0) is 9.30 Å². The van der Waals surface area contributed by atoms with E-state index in [1.165, 1.54) is 0 Å². The standard InChI is InChI=1S/C13H18FN2O4P/c1-8(21(2,3)19)20-10-5-4-9(6-10)16-7-11(14)12(17)15-13(16)18/h4-5,7-10H,6H2,1-3H3,(H,15,17,18)/t8?,9-,10+/m0/s1. The summed E-state index contributed by atoms with van der Waals surface area (Å²) in [7, 11) is -2.36. The van der Waals surface area contributed by atoms with Crippen LogP contribution in [0.25, 0.3) is 0 Å². The summed E-state index contributed by atoms with van der Waals surface area (Å²) in [5, 5.41) is 0. The zero-order valence-corrected chi connectivity index (χ0v) is 13.0. The van der Waals surface area contributed by atoms with Crippen molar-refractivity contribution in [2.24, 2.45) is 0 Å². The van der Waals surface area contributed by atoms with Crippen molar-refractivity contribution < 1.29 is 13.7 Å². The van der Waals surface area contributed by atoms with Gasteiger partial charge < -0.3 is 9.30 Å². The molecule has 0 radical (unpaired) electrons. The van der Waals surface area contributed by atoms with Crippen molar-refractivity contribution >= 4 is 7.14 Å². The van der Waals surface area contributed by atoms with Crippen LogP contribution in [0.2, 0.25) is 0 Å². The van der Waals surface area contributed by atoms with Gasteiger partial charge in [0.2, 0.25) is 5.82 Å². The lowest BCUT2D eigenvalue weighted by molar-refractivity contribution is 0.0637. The van der Waals surface area contributed by atoms with Gasteiger partial charge in [-0.1, -0.05) is 12.2 Å². The highest BCUT2D eigenvalue weighted by molar-refractivity contribution is 7.62. The van der Waals surface area contributed by atoms with E-state index in [2.05, 4.69) is 0 Å². The van der Waals surface area contributed by atoms with E-state index in [1.807, 2.05) is 4.98 Å². The minimum atomic E-state index is -2.36. The summed E-state index contributed by atoms with van der Waals surface area (Å²) >= 11 is 0. The second-order valence-electron chi connectivity index (χ2n) is 5.54. The summed E-state index contributed by atoms with van der Waals surface area (Å²) in [5.74, 6) is -1.40. The van der Waals surface area contributed by atoms with E-state index in [1.54, 1.807) is 32.4 Å². The van der Waals surface area contributed by atoms with Crippen LogP contribution in [-0.4, -0.2) is 34.8 Å². The summed E-state index contributed by atoms with van der Waals surface area (Å²) in [5.41, 5.74) is -1.70. The lowest BCUT2D eigenvalue weighted by Crippen LogP contribution is -2.33. The van der Waals surface area contributed by atoms with Crippen LogP contribution in [0.15, 0.2) is 27.9 Å². The second-order valence-corrected chi connectivity index (χ2v) is 9.14. The zero-order chi connectivity index (χ0) is 15.8. The van der Waals surface area contributed by atoms with Crippen molar-refractivity contribution in [1.82, 2.24) is 9.55 Å². The number of hydrogen-bond donors (Lipinski definition) is 1. The van der Waals surface area contributed by atoms with Gasteiger partial charge in [0.25, 0.3) is 5.56 Å². The third-order valence-corrected chi connectivity index (χ3v) is 5.42. The molecule has 1 aromatic rings. The fourth-order valence-corrected chi connectivity index (χ4v) is 2.51. The van der Waals surface area contributed by atoms with Crippen molar-refractivity contribution in [1.29, 1.82) is 0 Å². The van der Waals surface area contributed by atoms with Crippen LogP contribution in [0.4, 0.5) is 4.39 Å². The molecule has 0 saturated heterocycles. The Morgan fingerprint density at radius 2 is 2.10 bits per heavy atom. The van der Waals surface area contributed by atoms with Crippen LogP contribution >= 0.6 is 7.14 Å². The lowest BCUT2D eigenvalue weighted by Gasteiger charge is -2.22. The SMILES string of the molecule is CC(O[C@@H]1C=C[C@H](n2cc(F)c(=O)[nH]c2=O)C1)P(C)(C)=O. The maximum Gasteiger partial charge on any atom is 0.329 e. The molecule has 0 amide bonds. The molecule has 0 bridgehead atoms. The largest absolute Gasteiger partial charge is 0.363 e. The van der Waals surface area contributed by atoms with E-state index < -0.39 is 36.1 Å². The summed E-state index contributed by atoms with van der Waals surface area (Å²) < 4.78 is 32.0. The van der Waals surface area contributed by atoms with Crippen LogP contribution in [0.1, 0.15) is 19.4 Å². The fraction of sp³-hybridized carbons (Fsp3) is 0.538. The zero-order valence-electron chi connectivity index (χ0n) is 12.1. The Hall–Kier alpha value is -1.46. The first-order chi connectivity index (χ1) is 9.68.